The molecule has 0 amide bonds. The van der Waals surface area contributed by atoms with Gasteiger partial charge in [0.2, 0.25) is 0 Å². The van der Waals surface area contributed by atoms with Crippen LogP contribution in [-0.2, 0) is 0 Å². The molecule has 0 unspecified atom stereocenters. The number of para-hydroxylation sites is 1. The highest BCUT2D eigenvalue weighted by Gasteiger charge is 2.13. The summed E-state index contributed by atoms with van der Waals surface area (Å²) in [5.74, 6) is -2.14. The highest BCUT2D eigenvalue weighted by molar-refractivity contribution is 6.01. The molecule has 0 aromatic heterocycles. The summed E-state index contributed by atoms with van der Waals surface area (Å²) in [6.45, 7) is 0. The van der Waals surface area contributed by atoms with Gasteiger partial charge < -0.3 is 15.3 Å². The molecule has 98 valence electrons. The van der Waals surface area contributed by atoms with Gasteiger partial charge in [0.15, 0.2) is 0 Å². The molecule has 0 saturated heterocycles. The average Bonchev–Trinajstić information content (AvgIpc) is 2.40. The molecule has 0 heterocycles. The van der Waals surface area contributed by atoms with Crippen molar-refractivity contribution in [3.8, 4) is 5.75 Å². The topological polar surface area (TPSA) is 94.8 Å². The van der Waals surface area contributed by atoms with E-state index in [4.69, 9.17) is 15.3 Å². The SMILES string of the molecule is O=C(O)c1ccccc1C(=O)O.Oc1ccccc1. The van der Waals surface area contributed by atoms with Crippen molar-refractivity contribution >= 4 is 11.9 Å². The van der Waals surface area contributed by atoms with E-state index in [1.807, 2.05) is 6.07 Å². The van der Waals surface area contributed by atoms with Gasteiger partial charge in [-0.15, -0.1) is 0 Å². The lowest BCUT2D eigenvalue weighted by Gasteiger charge is -1.98. The lowest BCUT2D eigenvalue weighted by molar-refractivity contribution is 0.0651. The number of carboxylic acids is 2. The number of carboxylic acid groups (broad SMARTS) is 2. The molecule has 5 heteroatoms. The summed E-state index contributed by atoms with van der Waals surface area (Å²) in [5.41, 5.74) is -0.380. The molecule has 0 saturated carbocycles. The highest BCUT2D eigenvalue weighted by atomic mass is 16.4. The van der Waals surface area contributed by atoms with E-state index in [1.165, 1.54) is 24.3 Å². The van der Waals surface area contributed by atoms with Crippen molar-refractivity contribution in [3.63, 3.8) is 0 Å². The normalized spacial score (nSPS) is 9.05. The predicted molar refractivity (Wildman–Crippen MR) is 68.5 cm³/mol. The van der Waals surface area contributed by atoms with Crippen molar-refractivity contribution in [1.29, 1.82) is 0 Å². The van der Waals surface area contributed by atoms with Crippen molar-refractivity contribution < 1.29 is 24.9 Å². The minimum atomic E-state index is -1.23. The first-order chi connectivity index (χ1) is 9.02. The third-order valence-corrected chi connectivity index (χ3v) is 2.14. The fourth-order valence-corrected chi connectivity index (χ4v) is 1.28. The molecule has 0 aliphatic heterocycles. The van der Waals surface area contributed by atoms with E-state index in [0.29, 0.717) is 5.75 Å². The summed E-state index contributed by atoms with van der Waals surface area (Å²) >= 11 is 0. The number of phenols is 1. The van der Waals surface area contributed by atoms with Gasteiger partial charge in [-0.25, -0.2) is 9.59 Å². The number of phenolic OH excluding ortho intramolecular Hbond substituents is 1. The van der Waals surface area contributed by atoms with Gasteiger partial charge in [0.25, 0.3) is 0 Å². The molecule has 3 N–H and O–H groups in total. The van der Waals surface area contributed by atoms with Gasteiger partial charge in [0.05, 0.1) is 11.1 Å². The van der Waals surface area contributed by atoms with Crippen molar-refractivity contribution in [2.75, 3.05) is 0 Å². The number of carbonyl (C=O) groups is 2. The molecule has 2 rings (SSSR count). The van der Waals surface area contributed by atoms with Gasteiger partial charge in [-0.3, -0.25) is 0 Å². The first-order valence-electron chi connectivity index (χ1n) is 5.32. The Bertz CT molecular complexity index is 530. The van der Waals surface area contributed by atoms with Crippen LogP contribution in [0.1, 0.15) is 20.7 Å². The van der Waals surface area contributed by atoms with Crippen LogP contribution >= 0.6 is 0 Å². The number of aromatic carboxylic acids is 2. The van der Waals surface area contributed by atoms with E-state index in [-0.39, 0.29) is 11.1 Å². The van der Waals surface area contributed by atoms with Crippen LogP contribution in [0.3, 0.4) is 0 Å². The Hall–Kier alpha value is -2.82. The lowest BCUT2D eigenvalue weighted by atomic mass is 10.1. The summed E-state index contributed by atoms with van der Waals surface area (Å²) in [6, 6.07) is 14.2. The van der Waals surface area contributed by atoms with E-state index in [0.717, 1.165) is 0 Å². The van der Waals surface area contributed by atoms with Gasteiger partial charge in [0, 0.05) is 0 Å². The zero-order chi connectivity index (χ0) is 14.3. The second-order valence-electron chi connectivity index (χ2n) is 3.49. The first kappa shape index (κ1) is 14.2. The van der Waals surface area contributed by atoms with Crippen molar-refractivity contribution in [2.24, 2.45) is 0 Å². The fraction of sp³-hybridized carbons (Fsp3) is 0. The van der Waals surface area contributed by atoms with E-state index < -0.39 is 11.9 Å². The molecule has 5 nitrogen and oxygen atoms in total. The van der Waals surface area contributed by atoms with Gasteiger partial charge >= 0.3 is 11.9 Å². The smallest absolute Gasteiger partial charge is 0.336 e. The van der Waals surface area contributed by atoms with E-state index >= 15 is 0 Å². The quantitative estimate of drug-likeness (QED) is 0.771. The summed E-state index contributed by atoms with van der Waals surface area (Å²) < 4.78 is 0. The maximum atomic E-state index is 10.5. The number of aromatic hydroxyl groups is 1. The van der Waals surface area contributed by atoms with Gasteiger partial charge in [-0.2, -0.15) is 0 Å². The molecule has 2 aromatic carbocycles. The lowest BCUT2D eigenvalue weighted by Crippen LogP contribution is -2.06. The molecule has 0 aliphatic carbocycles. The van der Waals surface area contributed by atoms with Gasteiger partial charge in [-0.1, -0.05) is 30.3 Å². The van der Waals surface area contributed by atoms with E-state index in [9.17, 15) is 9.59 Å². The number of hydrogen-bond acceptors (Lipinski definition) is 3. The van der Waals surface area contributed by atoms with Crippen molar-refractivity contribution in [2.45, 2.75) is 0 Å². The molecular formula is C14H12O5. The maximum absolute atomic E-state index is 10.5. The Morgan fingerprint density at radius 1 is 0.684 bits per heavy atom. The van der Waals surface area contributed by atoms with Crippen LogP contribution in [0.15, 0.2) is 54.6 Å². The molecule has 0 aliphatic rings. The van der Waals surface area contributed by atoms with Crippen LogP contribution in [0.2, 0.25) is 0 Å². The zero-order valence-electron chi connectivity index (χ0n) is 9.85. The largest absolute Gasteiger partial charge is 0.508 e. The molecule has 19 heavy (non-hydrogen) atoms. The van der Waals surface area contributed by atoms with Gasteiger partial charge in [0.1, 0.15) is 5.75 Å². The summed E-state index contributed by atoms with van der Waals surface area (Å²) in [5, 5.41) is 25.7. The number of hydrogen-bond donors (Lipinski definition) is 3. The van der Waals surface area contributed by atoms with Crippen LogP contribution in [0.25, 0.3) is 0 Å². The third kappa shape index (κ3) is 4.51. The molecular weight excluding hydrogens is 248 g/mol. The third-order valence-electron chi connectivity index (χ3n) is 2.14. The average molecular weight is 260 g/mol. The molecule has 2 aromatic rings. The predicted octanol–water partition coefficient (Wildman–Crippen LogP) is 2.48. The molecule has 0 fully saturated rings. The van der Waals surface area contributed by atoms with Crippen LogP contribution < -0.4 is 0 Å². The van der Waals surface area contributed by atoms with Crippen LogP contribution in [-0.4, -0.2) is 27.3 Å². The summed E-state index contributed by atoms with van der Waals surface area (Å²) in [4.78, 5) is 20.9. The second kappa shape index (κ2) is 6.80. The highest BCUT2D eigenvalue weighted by Crippen LogP contribution is 2.07. The second-order valence-corrected chi connectivity index (χ2v) is 3.49. The monoisotopic (exact) mass is 260 g/mol. The van der Waals surface area contributed by atoms with Crippen LogP contribution in [0.4, 0.5) is 0 Å². The Labute approximate surface area is 109 Å². The number of rotatable bonds is 2. The Balaban J connectivity index is 0.000000218. The fourth-order valence-electron chi connectivity index (χ4n) is 1.28. The van der Waals surface area contributed by atoms with E-state index in [1.54, 1.807) is 24.3 Å². The van der Waals surface area contributed by atoms with Crippen LogP contribution in [0, 0.1) is 0 Å². The first-order valence-corrected chi connectivity index (χ1v) is 5.32. The molecule has 0 atom stereocenters. The van der Waals surface area contributed by atoms with Crippen molar-refractivity contribution in [3.05, 3.63) is 65.7 Å². The Kier molecular flexibility index (Phi) is 5.10. The summed E-state index contributed by atoms with van der Waals surface area (Å²) in [7, 11) is 0. The molecule has 0 spiro atoms. The van der Waals surface area contributed by atoms with Gasteiger partial charge in [-0.05, 0) is 24.3 Å². The minimum absolute atomic E-state index is 0.190. The Morgan fingerprint density at radius 3 is 1.32 bits per heavy atom. The summed E-state index contributed by atoms with van der Waals surface area (Å²) in [6.07, 6.45) is 0. The zero-order valence-corrected chi connectivity index (χ0v) is 9.85. The molecule has 0 radical (unpaired) electrons. The molecule has 0 bridgehead atoms. The van der Waals surface area contributed by atoms with E-state index in [2.05, 4.69) is 0 Å². The standard InChI is InChI=1S/C8H6O4.C6H6O/c9-7(10)5-3-1-2-4-6(5)8(11)12;7-6-4-2-1-3-5-6/h1-4H,(H,9,10)(H,11,12);1-5,7H. The van der Waals surface area contributed by atoms with Crippen LogP contribution in [0.5, 0.6) is 5.75 Å². The minimum Gasteiger partial charge on any atom is -0.508 e. The maximum Gasteiger partial charge on any atom is 0.336 e. The van der Waals surface area contributed by atoms with Crippen molar-refractivity contribution in [1.82, 2.24) is 0 Å². The Morgan fingerprint density at radius 2 is 1.05 bits per heavy atom. The number of benzene rings is 2.